The van der Waals surface area contributed by atoms with Gasteiger partial charge in [0.2, 0.25) is 5.91 Å². The van der Waals surface area contributed by atoms with Crippen molar-refractivity contribution in [1.29, 1.82) is 0 Å². The molecule has 1 amide bonds. The van der Waals surface area contributed by atoms with Crippen molar-refractivity contribution in [3.63, 3.8) is 0 Å². The molecule has 2 aliphatic heterocycles. The molecule has 0 atom stereocenters. The summed E-state index contributed by atoms with van der Waals surface area (Å²) in [6.07, 6.45) is 5.37. The Morgan fingerprint density at radius 3 is 2.29 bits per heavy atom. The highest BCUT2D eigenvalue weighted by atomic mass is 16.5. The van der Waals surface area contributed by atoms with Crippen molar-refractivity contribution in [1.82, 2.24) is 5.32 Å². The summed E-state index contributed by atoms with van der Waals surface area (Å²) < 4.78 is 5.55. The quantitative estimate of drug-likeness (QED) is 0.854. The Balaban J connectivity index is 1.42. The van der Waals surface area contributed by atoms with Gasteiger partial charge in [0, 0.05) is 38.5 Å². The van der Waals surface area contributed by atoms with Crippen molar-refractivity contribution >= 4 is 11.6 Å². The maximum atomic E-state index is 13.2. The Morgan fingerprint density at radius 1 is 0.929 bits per heavy atom. The monoisotopic (exact) mass is 378 g/mol. The molecule has 2 heterocycles. The largest absolute Gasteiger partial charge is 0.381 e. The number of benzene rings is 2. The Morgan fingerprint density at radius 2 is 1.61 bits per heavy atom. The number of rotatable bonds is 5. The number of anilines is 1. The molecule has 0 aromatic heterocycles. The predicted molar refractivity (Wildman–Crippen MR) is 113 cm³/mol. The smallest absolute Gasteiger partial charge is 0.231 e. The number of nitrogens with zero attached hydrogens (tertiary/aromatic N) is 1. The number of nitrogens with one attached hydrogen (secondary N) is 1. The van der Waals surface area contributed by atoms with Crippen molar-refractivity contribution in [2.75, 3.05) is 31.2 Å². The number of carbonyl (C=O) groups excluding carboxylic acids is 1. The summed E-state index contributed by atoms with van der Waals surface area (Å²) in [6, 6.07) is 18.8. The van der Waals surface area contributed by atoms with Gasteiger partial charge in [-0.25, -0.2) is 0 Å². The zero-order valence-electron chi connectivity index (χ0n) is 16.5. The van der Waals surface area contributed by atoms with E-state index in [4.69, 9.17) is 4.74 Å². The van der Waals surface area contributed by atoms with Gasteiger partial charge in [-0.3, -0.25) is 4.79 Å². The highest BCUT2D eigenvalue weighted by Crippen LogP contribution is 2.35. The van der Waals surface area contributed by atoms with E-state index in [2.05, 4.69) is 46.6 Å². The van der Waals surface area contributed by atoms with Gasteiger partial charge in [0.25, 0.3) is 0 Å². The fourth-order valence-electron chi connectivity index (χ4n) is 4.45. The summed E-state index contributed by atoms with van der Waals surface area (Å²) >= 11 is 0. The van der Waals surface area contributed by atoms with E-state index < -0.39 is 5.41 Å². The lowest BCUT2D eigenvalue weighted by Gasteiger charge is -2.36. The highest BCUT2D eigenvalue weighted by Gasteiger charge is 2.41. The minimum absolute atomic E-state index is 0.113. The van der Waals surface area contributed by atoms with Crippen LogP contribution in [0.3, 0.4) is 0 Å². The van der Waals surface area contributed by atoms with Crippen LogP contribution < -0.4 is 10.2 Å². The summed E-state index contributed by atoms with van der Waals surface area (Å²) in [5, 5.41) is 3.20. The minimum Gasteiger partial charge on any atom is -0.381 e. The first-order chi connectivity index (χ1) is 13.8. The fourth-order valence-corrected chi connectivity index (χ4v) is 4.45. The summed E-state index contributed by atoms with van der Waals surface area (Å²) in [5.74, 6) is 0.113. The predicted octanol–water partition coefficient (Wildman–Crippen LogP) is 4.04. The first-order valence-corrected chi connectivity index (χ1v) is 10.5. The van der Waals surface area contributed by atoms with Crippen LogP contribution in [-0.2, 0) is 21.5 Å². The van der Waals surface area contributed by atoms with E-state index in [0.717, 1.165) is 37.1 Å². The van der Waals surface area contributed by atoms with E-state index in [1.165, 1.54) is 24.9 Å². The van der Waals surface area contributed by atoms with Gasteiger partial charge in [0.05, 0.1) is 5.41 Å². The second-order valence-electron chi connectivity index (χ2n) is 7.96. The third-order valence-corrected chi connectivity index (χ3v) is 6.22. The molecule has 2 aromatic carbocycles. The third-order valence-electron chi connectivity index (χ3n) is 6.22. The third kappa shape index (κ3) is 4.07. The number of carbonyl (C=O) groups is 1. The van der Waals surface area contributed by atoms with Gasteiger partial charge in [0.1, 0.15) is 0 Å². The summed E-state index contributed by atoms with van der Waals surface area (Å²) in [7, 11) is 0. The standard InChI is InChI=1S/C24H30N2O2/c27-23(24(13-17-28-18-14-24)21-7-3-1-4-8-21)25-19-20-9-11-22(12-10-20)26-15-5-2-6-16-26/h1,3-4,7-12H,2,5-6,13-19H2,(H,25,27). The molecule has 2 saturated heterocycles. The van der Waals surface area contributed by atoms with Gasteiger partial charge in [-0.2, -0.15) is 0 Å². The van der Waals surface area contributed by atoms with Crippen molar-refractivity contribution in [2.24, 2.45) is 0 Å². The van der Waals surface area contributed by atoms with Crippen molar-refractivity contribution in [3.05, 3.63) is 65.7 Å². The average Bonchev–Trinajstić information content (AvgIpc) is 2.79. The molecule has 0 unspecified atom stereocenters. The molecule has 4 rings (SSSR count). The van der Waals surface area contributed by atoms with Crippen LogP contribution in [0.5, 0.6) is 0 Å². The fraction of sp³-hybridized carbons (Fsp3) is 0.458. The van der Waals surface area contributed by atoms with Crippen LogP contribution in [0.25, 0.3) is 0 Å². The first kappa shape index (κ1) is 19.0. The molecule has 0 bridgehead atoms. The van der Waals surface area contributed by atoms with E-state index in [0.29, 0.717) is 19.8 Å². The lowest BCUT2D eigenvalue weighted by atomic mass is 9.73. The number of ether oxygens (including phenoxy) is 1. The molecular weight excluding hydrogens is 348 g/mol. The molecule has 0 aliphatic carbocycles. The molecule has 1 N–H and O–H groups in total. The van der Waals surface area contributed by atoms with E-state index >= 15 is 0 Å². The summed E-state index contributed by atoms with van der Waals surface area (Å²) in [5.41, 5.74) is 3.05. The topological polar surface area (TPSA) is 41.6 Å². The van der Waals surface area contributed by atoms with Crippen LogP contribution in [0.1, 0.15) is 43.2 Å². The minimum atomic E-state index is -0.479. The maximum absolute atomic E-state index is 13.2. The molecule has 0 spiro atoms. The number of piperidine rings is 1. The zero-order valence-corrected chi connectivity index (χ0v) is 16.5. The van der Waals surface area contributed by atoms with Crippen LogP contribution >= 0.6 is 0 Å². The Labute approximate surface area is 167 Å². The number of hydrogen-bond acceptors (Lipinski definition) is 3. The van der Waals surface area contributed by atoms with Crippen LogP contribution in [0, 0.1) is 0 Å². The molecule has 148 valence electrons. The van der Waals surface area contributed by atoms with E-state index in [9.17, 15) is 4.79 Å². The summed E-state index contributed by atoms with van der Waals surface area (Å²) in [6.45, 7) is 4.13. The Kier molecular flexibility index (Phi) is 5.96. The van der Waals surface area contributed by atoms with Gasteiger partial charge in [0.15, 0.2) is 0 Å². The molecule has 4 nitrogen and oxygen atoms in total. The van der Waals surface area contributed by atoms with E-state index in [1.54, 1.807) is 0 Å². The first-order valence-electron chi connectivity index (χ1n) is 10.5. The van der Waals surface area contributed by atoms with Gasteiger partial charge in [-0.05, 0) is 55.4 Å². The normalized spacial score (nSPS) is 19.2. The molecular formula is C24H30N2O2. The summed E-state index contributed by atoms with van der Waals surface area (Å²) in [4.78, 5) is 15.7. The molecule has 0 radical (unpaired) electrons. The van der Waals surface area contributed by atoms with Gasteiger partial charge in [-0.1, -0.05) is 42.5 Å². The van der Waals surface area contributed by atoms with Crippen molar-refractivity contribution < 1.29 is 9.53 Å². The van der Waals surface area contributed by atoms with Crippen LogP contribution in [-0.4, -0.2) is 32.2 Å². The Hall–Kier alpha value is -2.33. The lowest BCUT2D eigenvalue weighted by Crippen LogP contribution is -2.47. The molecule has 2 aliphatic rings. The second kappa shape index (κ2) is 8.78. The highest BCUT2D eigenvalue weighted by molar-refractivity contribution is 5.88. The van der Waals surface area contributed by atoms with Gasteiger partial charge < -0.3 is 15.0 Å². The Bertz CT molecular complexity index is 761. The number of hydrogen-bond donors (Lipinski definition) is 1. The van der Waals surface area contributed by atoms with Crippen LogP contribution in [0.2, 0.25) is 0 Å². The SMILES string of the molecule is O=C(NCc1ccc(N2CCCCC2)cc1)C1(c2ccccc2)CCOCC1. The number of amides is 1. The molecule has 28 heavy (non-hydrogen) atoms. The molecule has 2 aromatic rings. The van der Waals surface area contributed by atoms with Crippen LogP contribution in [0.15, 0.2) is 54.6 Å². The molecule has 4 heteroatoms. The molecule has 0 saturated carbocycles. The second-order valence-corrected chi connectivity index (χ2v) is 7.96. The van der Waals surface area contributed by atoms with Crippen molar-refractivity contribution in [3.8, 4) is 0 Å². The van der Waals surface area contributed by atoms with Gasteiger partial charge in [-0.15, -0.1) is 0 Å². The van der Waals surface area contributed by atoms with Crippen molar-refractivity contribution in [2.45, 2.75) is 44.1 Å². The maximum Gasteiger partial charge on any atom is 0.231 e. The molecule has 2 fully saturated rings. The van der Waals surface area contributed by atoms with E-state index in [1.807, 2.05) is 18.2 Å². The van der Waals surface area contributed by atoms with E-state index in [-0.39, 0.29) is 5.91 Å². The van der Waals surface area contributed by atoms with Gasteiger partial charge >= 0.3 is 0 Å². The zero-order chi connectivity index (χ0) is 19.2. The average molecular weight is 379 g/mol. The van der Waals surface area contributed by atoms with Crippen LogP contribution in [0.4, 0.5) is 5.69 Å². The lowest BCUT2D eigenvalue weighted by molar-refractivity contribution is -0.130.